The second-order valence-electron chi connectivity index (χ2n) is 4.57. The first-order chi connectivity index (χ1) is 9.30. The average Bonchev–Trinajstić information content (AvgIpc) is 2.89. The number of hydrogen-bond acceptors (Lipinski definition) is 5. The minimum absolute atomic E-state index is 0.0639. The molecule has 20 heavy (non-hydrogen) atoms. The summed E-state index contributed by atoms with van der Waals surface area (Å²) in [7, 11) is 1.56. The summed E-state index contributed by atoms with van der Waals surface area (Å²) in [5.74, 6) is 0. The summed E-state index contributed by atoms with van der Waals surface area (Å²) in [6.07, 6.45) is -3.24. The lowest BCUT2D eigenvalue weighted by molar-refractivity contribution is -0.384. The Morgan fingerprint density at radius 2 is 2.25 bits per heavy atom. The van der Waals surface area contributed by atoms with E-state index in [2.05, 4.69) is 10.3 Å². The molecule has 1 aliphatic rings. The van der Waals surface area contributed by atoms with E-state index in [1.165, 1.54) is 4.90 Å². The maximum Gasteiger partial charge on any atom is 0.433 e. The number of likely N-dealkylation sites (N-methyl/N-ethyl adjacent to an activating group) is 1. The quantitative estimate of drug-likeness (QED) is 0.679. The monoisotopic (exact) mass is 290 g/mol. The standard InChI is InChI=1S/C11H13F3N4O2/c1-17(7-2-3-15-5-7)8-4-10(11(12,13)14)16-6-9(8)18(19)20/h4,6-7,15H,2-3,5H2,1H3. The summed E-state index contributed by atoms with van der Waals surface area (Å²) in [6, 6.07) is 0.661. The van der Waals surface area contributed by atoms with Crippen LogP contribution in [0.25, 0.3) is 0 Å². The van der Waals surface area contributed by atoms with E-state index in [1.54, 1.807) is 7.05 Å². The molecule has 0 bridgehead atoms. The summed E-state index contributed by atoms with van der Waals surface area (Å²) >= 11 is 0. The largest absolute Gasteiger partial charge is 0.433 e. The second-order valence-corrected chi connectivity index (χ2v) is 4.57. The molecule has 0 spiro atoms. The Balaban J connectivity index is 2.43. The summed E-state index contributed by atoms with van der Waals surface area (Å²) in [4.78, 5) is 14.9. The average molecular weight is 290 g/mol. The Bertz CT molecular complexity index is 515. The van der Waals surface area contributed by atoms with Crippen LogP contribution in [0.15, 0.2) is 12.3 Å². The highest BCUT2D eigenvalue weighted by Gasteiger charge is 2.35. The van der Waals surface area contributed by atoms with Gasteiger partial charge < -0.3 is 10.2 Å². The zero-order chi connectivity index (χ0) is 14.9. The number of aromatic nitrogens is 1. The molecule has 1 saturated heterocycles. The summed E-state index contributed by atoms with van der Waals surface area (Å²) < 4.78 is 38.0. The smallest absolute Gasteiger partial charge is 0.365 e. The van der Waals surface area contributed by atoms with E-state index in [-0.39, 0.29) is 11.7 Å². The number of nitrogens with zero attached hydrogens (tertiary/aromatic N) is 3. The van der Waals surface area contributed by atoms with Crippen LogP contribution in [0.2, 0.25) is 0 Å². The van der Waals surface area contributed by atoms with Crippen molar-refractivity contribution in [1.82, 2.24) is 10.3 Å². The van der Waals surface area contributed by atoms with Gasteiger partial charge in [-0.05, 0) is 19.0 Å². The van der Waals surface area contributed by atoms with Crippen LogP contribution in [0, 0.1) is 10.1 Å². The number of anilines is 1. The molecule has 0 amide bonds. The van der Waals surface area contributed by atoms with Crippen molar-refractivity contribution in [3.63, 3.8) is 0 Å². The van der Waals surface area contributed by atoms with E-state index in [4.69, 9.17) is 0 Å². The first kappa shape index (κ1) is 14.5. The number of rotatable bonds is 3. The van der Waals surface area contributed by atoms with Gasteiger partial charge in [0.15, 0.2) is 0 Å². The number of hydrogen-bond donors (Lipinski definition) is 1. The minimum atomic E-state index is -4.63. The fourth-order valence-electron chi connectivity index (χ4n) is 2.18. The molecule has 0 radical (unpaired) electrons. The highest BCUT2D eigenvalue weighted by molar-refractivity contribution is 5.63. The van der Waals surface area contributed by atoms with E-state index in [0.29, 0.717) is 12.7 Å². The Kier molecular flexibility index (Phi) is 3.80. The van der Waals surface area contributed by atoms with Crippen LogP contribution < -0.4 is 10.2 Å². The van der Waals surface area contributed by atoms with Gasteiger partial charge in [0.1, 0.15) is 17.6 Å². The molecular formula is C11H13F3N4O2. The maximum atomic E-state index is 12.7. The molecule has 9 heteroatoms. The number of alkyl halides is 3. The van der Waals surface area contributed by atoms with Crippen LogP contribution in [0.5, 0.6) is 0 Å². The van der Waals surface area contributed by atoms with Gasteiger partial charge in [-0.1, -0.05) is 0 Å². The molecule has 110 valence electrons. The molecule has 2 heterocycles. The second kappa shape index (κ2) is 5.23. The molecule has 1 aromatic heterocycles. The van der Waals surface area contributed by atoms with Crippen molar-refractivity contribution >= 4 is 11.4 Å². The molecule has 1 N–H and O–H groups in total. The maximum absolute atomic E-state index is 12.7. The van der Waals surface area contributed by atoms with Crippen LogP contribution in [0.3, 0.4) is 0 Å². The van der Waals surface area contributed by atoms with Gasteiger partial charge in [-0.3, -0.25) is 10.1 Å². The summed E-state index contributed by atoms with van der Waals surface area (Å²) in [6.45, 7) is 1.32. The van der Waals surface area contributed by atoms with Crippen molar-refractivity contribution in [2.45, 2.75) is 18.6 Å². The van der Waals surface area contributed by atoms with E-state index >= 15 is 0 Å². The summed E-state index contributed by atoms with van der Waals surface area (Å²) in [5.41, 5.74) is -1.62. The Hall–Kier alpha value is -1.90. The Morgan fingerprint density at radius 1 is 1.55 bits per heavy atom. The third-order valence-corrected chi connectivity index (χ3v) is 3.31. The zero-order valence-corrected chi connectivity index (χ0v) is 10.6. The van der Waals surface area contributed by atoms with Crippen LogP contribution in [-0.2, 0) is 6.18 Å². The zero-order valence-electron chi connectivity index (χ0n) is 10.6. The molecule has 1 fully saturated rings. The number of halogens is 3. The molecule has 0 aliphatic carbocycles. The number of nitrogens with one attached hydrogen (secondary N) is 1. The lowest BCUT2D eigenvalue weighted by atomic mass is 10.2. The minimum Gasteiger partial charge on any atom is -0.365 e. The number of pyridine rings is 1. The highest BCUT2D eigenvalue weighted by Crippen LogP contribution is 2.35. The lowest BCUT2D eigenvalue weighted by Crippen LogP contribution is -2.34. The van der Waals surface area contributed by atoms with Crippen molar-refractivity contribution < 1.29 is 18.1 Å². The van der Waals surface area contributed by atoms with E-state index in [0.717, 1.165) is 19.0 Å². The van der Waals surface area contributed by atoms with Gasteiger partial charge in [-0.2, -0.15) is 13.2 Å². The van der Waals surface area contributed by atoms with Crippen molar-refractivity contribution in [3.05, 3.63) is 28.1 Å². The SMILES string of the molecule is CN(c1cc(C(F)(F)F)ncc1[N+](=O)[O-])C1CCNC1. The van der Waals surface area contributed by atoms with Gasteiger partial charge in [0.05, 0.1) is 4.92 Å². The first-order valence-corrected chi connectivity index (χ1v) is 5.96. The number of nitro groups is 1. The fourth-order valence-corrected chi connectivity index (χ4v) is 2.18. The highest BCUT2D eigenvalue weighted by atomic mass is 19.4. The molecule has 0 aromatic carbocycles. The third-order valence-electron chi connectivity index (χ3n) is 3.31. The molecule has 6 nitrogen and oxygen atoms in total. The summed E-state index contributed by atoms with van der Waals surface area (Å²) in [5, 5.41) is 14.0. The molecule has 1 aliphatic heterocycles. The Morgan fingerprint density at radius 3 is 2.75 bits per heavy atom. The van der Waals surface area contributed by atoms with Crippen molar-refractivity contribution in [2.75, 3.05) is 25.0 Å². The van der Waals surface area contributed by atoms with Crippen LogP contribution in [-0.4, -0.2) is 36.1 Å². The van der Waals surface area contributed by atoms with Gasteiger partial charge in [0.2, 0.25) is 0 Å². The van der Waals surface area contributed by atoms with E-state index in [9.17, 15) is 23.3 Å². The van der Waals surface area contributed by atoms with Gasteiger partial charge >= 0.3 is 11.9 Å². The first-order valence-electron chi connectivity index (χ1n) is 5.96. The fraction of sp³-hybridized carbons (Fsp3) is 0.545. The van der Waals surface area contributed by atoms with Crippen molar-refractivity contribution in [3.8, 4) is 0 Å². The van der Waals surface area contributed by atoms with Gasteiger partial charge in [0, 0.05) is 19.6 Å². The van der Waals surface area contributed by atoms with E-state index in [1.807, 2.05) is 0 Å². The topological polar surface area (TPSA) is 71.3 Å². The van der Waals surface area contributed by atoms with Crippen molar-refractivity contribution in [2.24, 2.45) is 0 Å². The third kappa shape index (κ3) is 2.82. The Labute approximate surface area is 112 Å². The molecule has 0 saturated carbocycles. The van der Waals surface area contributed by atoms with Crippen molar-refractivity contribution in [1.29, 1.82) is 0 Å². The molecule has 2 rings (SSSR count). The normalized spacial score (nSPS) is 19.1. The molecule has 1 atom stereocenters. The molecule has 1 aromatic rings. The predicted molar refractivity (Wildman–Crippen MR) is 65.6 cm³/mol. The lowest BCUT2D eigenvalue weighted by Gasteiger charge is -2.26. The van der Waals surface area contributed by atoms with Crippen LogP contribution in [0.4, 0.5) is 24.5 Å². The molecular weight excluding hydrogens is 277 g/mol. The van der Waals surface area contributed by atoms with Gasteiger partial charge in [-0.15, -0.1) is 0 Å². The van der Waals surface area contributed by atoms with Crippen LogP contribution >= 0.6 is 0 Å². The van der Waals surface area contributed by atoms with Gasteiger partial charge in [0.25, 0.3) is 0 Å². The van der Waals surface area contributed by atoms with E-state index < -0.39 is 22.5 Å². The predicted octanol–water partition coefficient (Wildman–Crippen LogP) is 1.81. The van der Waals surface area contributed by atoms with Gasteiger partial charge in [-0.25, -0.2) is 4.98 Å². The van der Waals surface area contributed by atoms with Crippen LogP contribution in [0.1, 0.15) is 12.1 Å². The molecule has 1 unspecified atom stereocenters.